The van der Waals surface area contributed by atoms with Gasteiger partial charge < -0.3 is 9.47 Å². The molecule has 2 nitrogen and oxygen atoms in total. The average Bonchev–Trinajstić information content (AvgIpc) is 2.76. The van der Waals surface area contributed by atoms with Gasteiger partial charge in [-0.05, 0) is 118 Å². The first-order valence-electron chi connectivity index (χ1n) is 10.9. The molecule has 0 aliphatic rings. The Morgan fingerprint density at radius 2 is 0.844 bits per heavy atom. The molecular weight excluding hydrogens is 392 g/mol. The molecule has 0 atom stereocenters. The number of aryl methyl sites for hydroxylation is 6. The van der Waals surface area contributed by atoms with E-state index in [2.05, 4.69) is 84.0 Å². The molecule has 0 N–H and O–H groups in total. The van der Waals surface area contributed by atoms with Crippen LogP contribution in [0.5, 0.6) is 23.0 Å². The fourth-order valence-electron chi connectivity index (χ4n) is 3.11. The molecule has 4 rings (SSSR count). The number of hydrogen-bond acceptors (Lipinski definition) is 2. The highest BCUT2D eigenvalue weighted by atomic mass is 16.5. The zero-order valence-corrected chi connectivity index (χ0v) is 19.9. The van der Waals surface area contributed by atoms with E-state index in [0.717, 1.165) is 23.0 Å². The van der Waals surface area contributed by atoms with E-state index in [-0.39, 0.29) is 0 Å². The Morgan fingerprint density at radius 1 is 0.375 bits per heavy atom. The van der Waals surface area contributed by atoms with Crippen molar-refractivity contribution in [3.63, 3.8) is 0 Å². The summed E-state index contributed by atoms with van der Waals surface area (Å²) in [4.78, 5) is 0. The topological polar surface area (TPSA) is 18.5 Å². The van der Waals surface area contributed by atoms with Crippen LogP contribution < -0.4 is 9.47 Å². The second-order valence-electron chi connectivity index (χ2n) is 8.33. The molecule has 0 unspecified atom stereocenters. The Hall–Kier alpha value is -3.52. The van der Waals surface area contributed by atoms with Crippen LogP contribution in [0, 0.1) is 41.5 Å². The Kier molecular flexibility index (Phi) is 7.72. The lowest BCUT2D eigenvalue weighted by molar-refractivity contribution is 0.481. The number of ether oxygens (including phenoxy) is 2. The molecule has 0 aromatic heterocycles. The standard InChI is InChI=1S/2C15H16O/c1-11-4-7-14(8-5-11)16-15-9-6-12(2)13(3)10-15;1-11-5-4-6-14(9-11)16-15-8-7-12(2)13(3)10-15/h2*4-10H,1-3H3. The highest BCUT2D eigenvalue weighted by Gasteiger charge is 2.00. The molecule has 4 aromatic carbocycles. The molecule has 0 radical (unpaired) electrons. The van der Waals surface area contributed by atoms with Crippen molar-refractivity contribution in [2.45, 2.75) is 41.5 Å². The summed E-state index contributed by atoms with van der Waals surface area (Å²) < 4.78 is 11.6. The minimum absolute atomic E-state index is 0.883. The molecule has 0 bridgehead atoms. The normalized spacial score (nSPS) is 10.2. The lowest BCUT2D eigenvalue weighted by atomic mass is 10.1. The van der Waals surface area contributed by atoms with Gasteiger partial charge in [0.15, 0.2) is 0 Å². The predicted molar refractivity (Wildman–Crippen MR) is 134 cm³/mol. The SMILES string of the molecule is Cc1ccc(Oc2ccc(C)c(C)c2)cc1.Cc1cccc(Oc2ccc(C)c(C)c2)c1. The first-order valence-corrected chi connectivity index (χ1v) is 10.9. The molecule has 164 valence electrons. The third-order valence-electron chi connectivity index (χ3n) is 5.44. The molecule has 0 amide bonds. The molecule has 4 aromatic rings. The molecule has 0 saturated heterocycles. The van der Waals surface area contributed by atoms with Crippen molar-refractivity contribution < 1.29 is 9.47 Å². The van der Waals surface area contributed by atoms with Gasteiger partial charge in [0.1, 0.15) is 23.0 Å². The molecule has 0 aliphatic carbocycles. The summed E-state index contributed by atoms with van der Waals surface area (Å²) in [6.07, 6.45) is 0. The maximum absolute atomic E-state index is 5.80. The minimum Gasteiger partial charge on any atom is -0.457 e. The number of hydrogen-bond donors (Lipinski definition) is 0. The van der Waals surface area contributed by atoms with Gasteiger partial charge in [-0.3, -0.25) is 0 Å². The monoisotopic (exact) mass is 424 g/mol. The van der Waals surface area contributed by atoms with Crippen molar-refractivity contribution in [3.05, 3.63) is 118 Å². The summed E-state index contributed by atoms with van der Waals surface area (Å²) in [6.45, 7) is 12.5. The van der Waals surface area contributed by atoms with Crippen molar-refractivity contribution in [2.24, 2.45) is 0 Å². The maximum Gasteiger partial charge on any atom is 0.127 e. The minimum atomic E-state index is 0.883. The molecular formula is C30H32O2. The lowest BCUT2D eigenvalue weighted by Gasteiger charge is -2.08. The van der Waals surface area contributed by atoms with Gasteiger partial charge in [0, 0.05) is 0 Å². The first kappa shape index (κ1) is 23.1. The van der Waals surface area contributed by atoms with Crippen molar-refractivity contribution in [3.8, 4) is 23.0 Å². The Morgan fingerprint density at radius 3 is 1.34 bits per heavy atom. The highest BCUT2D eigenvalue weighted by molar-refractivity contribution is 5.39. The first-order chi connectivity index (χ1) is 15.3. The van der Waals surface area contributed by atoms with Gasteiger partial charge in [0.25, 0.3) is 0 Å². The van der Waals surface area contributed by atoms with E-state index in [4.69, 9.17) is 9.47 Å². The van der Waals surface area contributed by atoms with Gasteiger partial charge in [0.05, 0.1) is 0 Å². The van der Waals surface area contributed by atoms with Crippen molar-refractivity contribution in [1.29, 1.82) is 0 Å². The predicted octanol–water partition coefficient (Wildman–Crippen LogP) is 8.81. The van der Waals surface area contributed by atoms with Crippen LogP contribution in [0.15, 0.2) is 84.9 Å². The Bertz CT molecular complexity index is 1170. The zero-order chi connectivity index (χ0) is 23.1. The molecule has 0 saturated carbocycles. The van der Waals surface area contributed by atoms with Gasteiger partial charge in [-0.15, -0.1) is 0 Å². The van der Waals surface area contributed by atoms with Crippen LogP contribution in [-0.4, -0.2) is 0 Å². The summed E-state index contributed by atoms with van der Waals surface area (Å²) in [5.74, 6) is 3.57. The zero-order valence-electron chi connectivity index (χ0n) is 19.9. The van der Waals surface area contributed by atoms with E-state index in [9.17, 15) is 0 Å². The van der Waals surface area contributed by atoms with Crippen LogP contribution in [0.25, 0.3) is 0 Å². The molecule has 0 aliphatic heterocycles. The molecule has 0 heterocycles. The molecule has 0 spiro atoms. The van der Waals surface area contributed by atoms with Gasteiger partial charge >= 0.3 is 0 Å². The van der Waals surface area contributed by atoms with Crippen molar-refractivity contribution in [1.82, 2.24) is 0 Å². The summed E-state index contributed by atoms with van der Waals surface area (Å²) in [7, 11) is 0. The fourth-order valence-corrected chi connectivity index (χ4v) is 3.11. The van der Waals surface area contributed by atoms with E-state index in [1.54, 1.807) is 0 Å². The van der Waals surface area contributed by atoms with E-state index < -0.39 is 0 Å². The van der Waals surface area contributed by atoms with E-state index in [0.29, 0.717) is 0 Å². The Labute approximate surface area is 192 Å². The third kappa shape index (κ3) is 6.75. The summed E-state index contributed by atoms with van der Waals surface area (Å²) in [6, 6.07) is 28.5. The van der Waals surface area contributed by atoms with Crippen molar-refractivity contribution in [2.75, 3.05) is 0 Å². The number of rotatable bonds is 4. The van der Waals surface area contributed by atoms with Gasteiger partial charge in [-0.2, -0.15) is 0 Å². The maximum atomic E-state index is 5.80. The van der Waals surface area contributed by atoms with Gasteiger partial charge in [0.2, 0.25) is 0 Å². The molecule has 0 fully saturated rings. The highest BCUT2D eigenvalue weighted by Crippen LogP contribution is 2.25. The van der Waals surface area contributed by atoms with Crippen LogP contribution >= 0.6 is 0 Å². The largest absolute Gasteiger partial charge is 0.457 e. The molecule has 2 heteroatoms. The second kappa shape index (κ2) is 10.7. The summed E-state index contributed by atoms with van der Waals surface area (Å²) >= 11 is 0. The van der Waals surface area contributed by atoms with Crippen LogP contribution in [0.3, 0.4) is 0 Å². The van der Waals surface area contributed by atoms with E-state index in [1.165, 1.54) is 33.4 Å². The third-order valence-corrected chi connectivity index (χ3v) is 5.44. The fraction of sp³-hybridized carbons (Fsp3) is 0.200. The quantitative estimate of drug-likeness (QED) is 0.326. The Balaban J connectivity index is 0.000000181. The second-order valence-corrected chi connectivity index (χ2v) is 8.33. The van der Waals surface area contributed by atoms with E-state index in [1.807, 2.05) is 42.5 Å². The number of benzene rings is 4. The summed E-state index contributed by atoms with van der Waals surface area (Å²) in [5, 5.41) is 0. The lowest BCUT2D eigenvalue weighted by Crippen LogP contribution is -1.87. The summed E-state index contributed by atoms with van der Waals surface area (Å²) in [5.41, 5.74) is 7.54. The van der Waals surface area contributed by atoms with E-state index >= 15 is 0 Å². The van der Waals surface area contributed by atoms with Gasteiger partial charge in [-0.25, -0.2) is 0 Å². The van der Waals surface area contributed by atoms with Crippen LogP contribution in [0.1, 0.15) is 33.4 Å². The van der Waals surface area contributed by atoms with Crippen LogP contribution in [0.2, 0.25) is 0 Å². The van der Waals surface area contributed by atoms with Crippen LogP contribution in [0.4, 0.5) is 0 Å². The van der Waals surface area contributed by atoms with Gasteiger partial charge in [-0.1, -0.05) is 42.0 Å². The average molecular weight is 425 g/mol. The van der Waals surface area contributed by atoms with Crippen LogP contribution in [-0.2, 0) is 0 Å². The smallest absolute Gasteiger partial charge is 0.127 e. The van der Waals surface area contributed by atoms with Crippen molar-refractivity contribution >= 4 is 0 Å². The molecule has 32 heavy (non-hydrogen) atoms.